The zero-order valence-corrected chi connectivity index (χ0v) is 16.8. The van der Waals surface area contributed by atoms with Gasteiger partial charge in [0.15, 0.2) is 5.82 Å². The van der Waals surface area contributed by atoms with Gasteiger partial charge in [-0.2, -0.15) is 5.10 Å². The number of amides is 2. The minimum atomic E-state index is -0.288. The summed E-state index contributed by atoms with van der Waals surface area (Å²) >= 11 is 6.46. The Labute approximate surface area is 174 Å². The molecule has 0 unspecified atom stereocenters. The molecule has 0 aliphatic carbocycles. The third-order valence-corrected chi connectivity index (χ3v) is 5.21. The standard InChI is InChI=1S/C21H23ClN6O/c22-18-14-17(5-6-19(18)27-10-2-1-3-11-27)26-21(29)24-15-16-7-9-23-20(13-16)28-12-4-8-25-28/h4-9,12-14H,1-3,10-11,15H2,(H2,24,26,29). The molecule has 2 aromatic heterocycles. The van der Waals surface area contributed by atoms with Crippen molar-refractivity contribution in [3.63, 3.8) is 0 Å². The van der Waals surface area contributed by atoms with Crippen molar-refractivity contribution in [3.05, 3.63) is 65.6 Å². The molecule has 7 nitrogen and oxygen atoms in total. The molecule has 1 aliphatic rings. The second-order valence-corrected chi connectivity index (χ2v) is 7.40. The monoisotopic (exact) mass is 410 g/mol. The lowest BCUT2D eigenvalue weighted by Crippen LogP contribution is -2.30. The molecule has 1 fully saturated rings. The van der Waals surface area contributed by atoms with Crippen molar-refractivity contribution >= 4 is 29.0 Å². The van der Waals surface area contributed by atoms with Gasteiger partial charge in [-0.25, -0.2) is 14.5 Å². The smallest absolute Gasteiger partial charge is 0.319 e. The van der Waals surface area contributed by atoms with Crippen LogP contribution in [0.1, 0.15) is 24.8 Å². The number of carbonyl (C=O) groups excluding carboxylic acids is 1. The summed E-state index contributed by atoms with van der Waals surface area (Å²) in [5.74, 6) is 0.704. The minimum absolute atomic E-state index is 0.288. The average molecular weight is 411 g/mol. The molecule has 4 rings (SSSR count). The number of nitrogens with one attached hydrogen (secondary N) is 2. The first-order valence-corrected chi connectivity index (χ1v) is 10.1. The van der Waals surface area contributed by atoms with E-state index in [1.165, 1.54) is 19.3 Å². The number of rotatable bonds is 5. The molecule has 3 heterocycles. The van der Waals surface area contributed by atoms with E-state index >= 15 is 0 Å². The Hall–Kier alpha value is -3.06. The predicted molar refractivity (Wildman–Crippen MR) is 115 cm³/mol. The highest BCUT2D eigenvalue weighted by Gasteiger charge is 2.14. The number of urea groups is 1. The van der Waals surface area contributed by atoms with Gasteiger partial charge >= 0.3 is 6.03 Å². The maximum atomic E-state index is 12.3. The first kappa shape index (κ1) is 19.3. The third kappa shape index (κ3) is 4.86. The van der Waals surface area contributed by atoms with E-state index in [0.717, 1.165) is 24.3 Å². The van der Waals surface area contributed by atoms with Crippen LogP contribution < -0.4 is 15.5 Å². The van der Waals surface area contributed by atoms with Gasteiger partial charge in [0.25, 0.3) is 0 Å². The van der Waals surface area contributed by atoms with Crippen LogP contribution in [0.5, 0.6) is 0 Å². The first-order chi connectivity index (χ1) is 14.2. The van der Waals surface area contributed by atoms with Crippen LogP contribution >= 0.6 is 11.6 Å². The van der Waals surface area contributed by atoms with Crippen molar-refractivity contribution in [2.45, 2.75) is 25.8 Å². The molecule has 8 heteroatoms. The van der Waals surface area contributed by atoms with Gasteiger partial charge < -0.3 is 15.5 Å². The van der Waals surface area contributed by atoms with Gasteiger partial charge in [0, 0.05) is 43.9 Å². The number of hydrogen-bond acceptors (Lipinski definition) is 4. The number of pyridine rings is 1. The topological polar surface area (TPSA) is 75.1 Å². The Bertz CT molecular complexity index is 969. The van der Waals surface area contributed by atoms with Crippen LogP contribution in [-0.2, 0) is 6.54 Å². The molecule has 0 radical (unpaired) electrons. The van der Waals surface area contributed by atoms with E-state index in [4.69, 9.17) is 11.6 Å². The van der Waals surface area contributed by atoms with Crippen molar-refractivity contribution in [1.29, 1.82) is 0 Å². The van der Waals surface area contributed by atoms with Crippen LogP contribution in [0.25, 0.3) is 5.82 Å². The van der Waals surface area contributed by atoms with Gasteiger partial charge in [0.05, 0.1) is 10.7 Å². The van der Waals surface area contributed by atoms with Crippen LogP contribution in [0.4, 0.5) is 16.2 Å². The highest BCUT2D eigenvalue weighted by atomic mass is 35.5. The van der Waals surface area contributed by atoms with Crippen molar-refractivity contribution < 1.29 is 4.79 Å². The average Bonchev–Trinajstić information content (AvgIpc) is 3.28. The number of hydrogen-bond donors (Lipinski definition) is 2. The summed E-state index contributed by atoms with van der Waals surface area (Å²) in [7, 11) is 0. The second kappa shape index (κ2) is 8.96. The van der Waals surface area contributed by atoms with E-state index in [1.807, 2.05) is 36.5 Å². The number of anilines is 2. The fourth-order valence-electron chi connectivity index (χ4n) is 3.43. The van der Waals surface area contributed by atoms with Gasteiger partial charge in [-0.05, 0) is 61.2 Å². The number of benzene rings is 1. The Balaban J connectivity index is 1.34. The highest BCUT2D eigenvalue weighted by molar-refractivity contribution is 6.33. The second-order valence-electron chi connectivity index (χ2n) is 6.99. The van der Waals surface area contributed by atoms with Crippen LogP contribution in [0.2, 0.25) is 5.02 Å². The summed E-state index contributed by atoms with van der Waals surface area (Å²) in [5, 5.41) is 10.5. The molecule has 3 aromatic rings. The Morgan fingerprint density at radius 3 is 2.72 bits per heavy atom. The van der Waals surface area contributed by atoms with Crippen molar-refractivity contribution in [1.82, 2.24) is 20.1 Å². The van der Waals surface area contributed by atoms with Crippen LogP contribution in [0, 0.1) is 0 Å². The summed E-state index contributed by atoms with van der Waals surface area (Å²) in [6, 6.07) is 11.0. The lowest BCUT2D eigenvalue weighted by Gasteiger charge is -2.29. The molecule has 2 amide bonds. The SMILES string of the molecule is O=C(NCc1ccnc(-n2cccn2)c1)Nc1ccc(N2CCCCC2)c(Cl)c1. The minimum Gasteiger partial charge on any atom is -0.370 e. The van der Waals surface area contributed by atoms with Crippen molar-refractivity contribution in [2.24, 2.45) is 0 Å². The summed E-state index contributed by atoms with van der Waals surface area (Å²) in [6.07, 6.45) is 8.87. The number of piperidine rings is 1. The zero-order valence-electron chi connectivity index (χ0n) is 16.0. The third-order valence-electron chi connectivity index (χ3n) is 4.90. The van der Waals surface area contributed by atoms with Crippen molar-refractivity contribution in [2.75, 3.05) is 23.3 Å². The molecule has 0 bridgehead atoms. The number of aromatic nitrogens is 3. The molecule has 150 valence electrons. The van der Waals surface area contributed by atoms with Crippen LogP contribution in [0.15, 0.2) is 55.0 Å². The molecule has 1 aromatic carbocycles. The summed E-state index contributed by atoms with van der Waals surface area (Å²) in [5.41, 5.74) is 2.62. The largest absolute Gasteiger partial charge is 0.370 e. The van der Waals surface area contributed by atoms with Gasteiger partial charge in [-0.3, -0.25) is 0 Å². The fraction of sp³-hybridized carbons (Fsp3) is 0.286. The number of carbonyl (C=O) groups is 1. The fourth-order valence-corrected chi connectivity index (χ4v) is 3.73. The molecule has 29 heavy (non-hydrogen) atoms. The maximum absolute atomic E-state index is 12.3. The van der Waals surface area contributed by atoms with E-state index in [0.29, 0.717) is 23.1 Å². The van der Waals surface area contributed by atoms with Gasteiger partial charge in [0.1, 0.15) is 0 Å². The molecule has 0 saturated carbocycles. The molecule has 0 atom stereocenters. The molecule has 1 saturated heterocycles. The van der Waals surface area contributed by atoms with E-state index in [9.17, 15) is 4.79 Å². The Morgan fingerprint density at radius 1 is 1.10 bits per heavy atom. The molecular formula is C21H23ClN6O. The highest BCUT2D eigenvalue weighted by Crippen LogP contribution is 2.30. The van der Waals surface area contributed by atoms with E-state index in [1.54, 1.807) is 23.1 Å². The van der Waals surface area contributed by atoms with Crippen LogP contribution in [-0.4, -0.2) is 33.9 Å². The first-order valence-electron chi connectivity index (χ1n) is 9.73. The van der Waals surface area contributed by atoms with Gasteiger partial charge in [0.2, 0.25) is 0 Å². The Kier molecular flexibility index (Phi) is 5.95. The van der Waals surface area contributed by atoms with Gasteiger partial charge in [-0.1, -0.05) is 11.6 Å². The number of halogens is 1. The molecule has 2 N–H and O–H groups in total. The lowest BCUT2D eigenvalue weighted by molar-refractivity contribution is 0.251. The van der Waals surface area contributed by atoms with Gasteiger partial charge in [-0.15, -0.1) is 0 Å². The zero-order chi connectivity index (χ0) is 20.1. The van der Waals surface area contributed by atoms with Crippen LogP contribution in [0.3, 0.4) is 0 Å². The molecular weight excluding hydrogens is 388 g/mol. The summed E-state index contributed by atoms with van der Waals surface area (Å²) < 4.78 is 1.68. The predicted octanol–water partition coefficient (Wildman–Crippen LogP) is 4.23. The quantitative estimate of drug-likeness (QED) is 0.659. The summed E-state index contributed by atoms with van der Waals surface area (Å²) in [6.45, 7) is 2.43. The molecule has 1 aliphatic heterocycles. The lowest BCUT2D eigenvalue weighted by atomic mass is 10.1. The maximum Gasteiger partial charge on any atom is 0.319 e. The Morgan fingerprint density at radius 2 is 1.97 bits per heavy atom. The van der Waals surface area contributed by atoms with E-state index < -0.39 is 0 Å². The van der Waals surface area contributed by atoms with E-state index in [-0.39, 0.29) is 6.03 Å². The molecule has 0 spiro atoms. The normalized spacial score (nSPS) is 13.9. The summed E-state index contributed by atoms with van der Waals surface area (Å²) in [4.78, 5) is 18.9. The van der Waals surface area contributed by atoms with E-state index in [2.05, 4.69) is 25.6 Å². The number of nitrogens with zero attached hydrogens (tertiary/aromatic N) is 4. The van der Waals surface area contributed by atoms with Crippen molar-refractivity contribution in [3.8, 4) is 5.82 Å².